The van der Waals surface area contributed by atoms with Gasteiger partial charge in [-0.05, 0) is 404 Å². The summed E-state index contributed by atoms with van der Waals surface area (Å²) >= 11 is 0. The van der Waals surface area contributed by atoms with Crippen LogP contribution in [0.5, 0.6) is 0 Å². The van der Waals surface area contributed by atoms with Crippen LogP contribution in [0.25, 0.3) is 6.08 Å². The van der Waals surface area contributed by atoms with E-state index in [0.29, 0.717) is 0 Å². The summed E-state index contributed by atoms with van der Waals surface area (Å²) in [4.78, 5) is 0. The molecule has 0 heteroatoms. The lowest BCUT2D eigenvalue weighted by Crippen LogP contribution is -2.00. The summed E-state index contributed by atoms with van der Waals surface area (Å²) in [6, 6.07) is 43.7. The van der Waals surface area contributed by atoms with Crippen molar-refractivity contribution in [3.8, 4) is 288 Å². The number of hydrogen-bond acceptors (Lipinski definition) is 0. The Kier molecular flexibility index (Phi) is 73.7. The second-order valence-electron chi connectivity index (χ2n) is 20.2. The van der Waals surface area contributed by atoms with Crippen LogP contribution in [-0.2, 0) is 57.8 Å². The van der Waals surface area contributed by atoms with Gasteiger partial charge in [-0.2, -0.15) is 0 Å². The topological polar surface area (TPSA) is 0 Å². The molecule has 5 aliphatic rings. The minimum absolute atomic E-state index is 0. The SMILES string of the molecule is C.C.C.C.C.C#CC#CC#CC#CC.C#CC#CC#CC#CC#C.C#CC#CC#CC#CC#C.C#CC#CC#CC#CC#CC.C#CC#CC#CC#CC#CC.C1=CCc2ccccc2C1.C1=Cc2ccccc2CCC1.c1ccc2c(c1)CCC2.c1ccc2c(c1)CCCC2.c1ccc2c(c1)CCCCC2. The molecule has 0 unspecified atom stereocenters. The first kappa shape index (κ1) is 101. The van der Waals surface area contributed by atoms with E-state index in [0.717, 1.165) is 12.8 Å². The third-order valence-electron chi connectivity index (χ3n) is 13.4. The van der Waals surface area contributed by atoms with E-state index in [1.54, 1.807) is 54.2 Å². The van der Waals surface area contributed by atoms with Crippen LogP contribution in [0.2, 0.25) is 0 Å². The molecule has 0 spiro atoms. The molecule has 0 saturated heterocycles. The predicted octanol–water partition coefficient (Wildman–Crippen LogP) is 18.7. The fraction of sp³-hybridized carbons (Fsp3) is 0.234. The number of hydrogen-bond donors (Lipinski definition) is 0. The molecule has 5 aromatic rings. The maximum atomic E-state index is 4.84. The molecular weight excluding hydrogens is 1290 g/mol. The zero-order valence-corrected chi connectivity index (χ0v) is 58.4. The maximum absolute atomic E-state index is 4.84. The number of allylic oxidation sites excluding steroid dienone is 3. The molecule has 0 aliphatic heterocycles. The molecule has 0 nitrogen and oxygen atoms in total. The van der Waals surface area contributed by atoms with Crippen LogP contribution >= 0.6 is 0 Å². The van der Waals surface area contributed by atoms with Gasteiger partial charge < -0.3 is 0 Å². The highest BCUT2D eigenvalue weighted by Crippen LogP contribution is 2.22. The van der Waals surface area contributed by atoms with E-state index in [1.807, 2.05) is 0 Å². The Morgan fingerprint density at radius 1 is 0.206 bits per heavy atom. The van der Waals surface area contributed by atoms with Gasteiger partial charge in [0.1, 0.15) is 0 Å². The van der Waals surface area contributed by atoms with Gasteiger partial charge in [-0.3, -0.25) is 0 Å². The summed E-state index contributed by atoms with van der Waals surface area (Å²) in [5.41, 5.74) is 15.4. The van der Waals surface area contributed by atoms with Crippen LogP contribution in [-0.4, -0.2) is 0 Å². The van der Waals surface area contributed by atoms with Crippen LogP contribution in [0.15, 0.2) is 140 Å². The van der Waals surface area contributed by atoms with E-state index in [4.69, 9.17) is 45.0 Å². The quantitative estimate of drug-likeness (QED) is 0.0824. The molecule has 107 heavy (non-hydrogen) atoms. The normalized spacial score (nSPS) is 9.27. The first-order chi connectivity index (χ1) is 50.4. The van der Waals surface area contributed by atoms with Crippen molar-refractivity contribution in [3.63, 3.8) is 0 Å². The van der Waals surface area contributed by atoms with Gasteiger partial charge in [-0.25, -0.2) is 0 Å². The second-order valence-corrected chi connectivity index (χ2v) is 20.2. The van der Waals surface area contributed by atoms with Gasteiger partial charge in [0.15, 0.2) is 0 Å². The van der Waals surface area contributed by atoms with E-state index < -0.39 is 0 Å². The van der Waals surface area contributed by atoms with Crippen molar-refractivity contribution in [1.29, 1.82) is 0 Å². The number of terminal acetylenes is 7. The highest BCUT2D eigenvalue weighted by atomic mass is 14.1. The fourth-order valence-electron chi connectivity index (χ4n) is 9.06. The number of rotatable bonds is 0. The van der Waals surface area contributed by atoms with E-state index >= 15 is 0 Å². The van der Waals surface area contributed by atoms with Crippen molar-refractivity contribution < 1.29 is 0 Å². The van der Waals surface area contributed by atoms with E-state index in [1.165, 1.54) is 119 Å². The molecule has 0 atom stereocenters. The number of fused-ring (bicyclic) bond motifs is 5. The molecule has 0 fully saturated rings. The molecule has 0 bridgehead atoms. The van der Waals surface area contributed by atoms with Crippen molar-refractivity contribution >= 4 is 6.08 Å². The van der Waals surface area contributed by atoms with Gasteiger partial charge in [-0.15, -0.1) is 45.0 Å². The second kappa shape index (κ2) is 78.4. The molecule has 0 N–H and O–H groups in total. The van der Waals surface area contributed by atoms with Crippen LogP contribution in [0.4, 0.5) is 0 Å². The molecule has 0 radical (unpaired) electrons. The van der Waals surface area contributed by atoms with Crippen LogP contribution in [0, 0.1) is 288 Å². The zero-order valence-electron chi connectivity index (χ0n) is 58.4. The van der Waals surface area contributed by atoms with Gasteiger partial charge in [-0.1, -0.05) is 207 Å². The van der Waals surface area contributed by atoms with E-state index in [2.05, 4.69) is 388 Å². The third kappa shape index (κ3) is 57.5. The zero-order chi connectivity index (χ0) is 73.8. The number of aryl methyl sites for hydroxylation is 7. The van der Waals surface area contributed by atoms with Crippen molar-refractivity contribution in [1.82, 2.24) is 0 Å². The van der Waals surface area contributed by atoms with Gasteiger partial charge in [0.2, 0.25) is 0 Å². The van der Waals surface area contributed by atoms with Crippen molar-refractivity contribution in [3.05, 3.63) is 195 Å². The van der Waals surface area contributed by atoms with E-state index in [9.17, 15) is 0 Å². The Morgan fingerprint density at radius 2 is 0.411 bits per heavy atom. The summed E-state index contributed by atoms with van der Waals surface area (Å²) in [5, 5.41) is 0. The van der Waals surface area contributed by atoms with Crippen LogP contribution in [0.3, 0.4) is 0 Å². The minimum atomic E-state index is 0. The molecule has 10 rings (SSSR count). The summed E-state index contributed by atoms with van der Waals surface area (Å²) in [5.74, 6) is 97.6. The Morgan fingerprint density at radius 3 is 0.673 bits per heavy atom. The van der Waals surface area contributed by atoms with Crippen molar-refractivity contribution in [2.24, 2.45) is 0 Å². The standard InChI is InChI=1S/C11H14.C11H12.2C11H4.C10H12.C10H10.2C10H2.C9H10.C9H4.5CH4/c2*1-2-6-10-8-4-5-9-11(10)7-3-1;2*1-3-5-7-9-11-10-8-6-4-2;2*1-2-6-10-8-4-3-7-9(10)5-1;2*1-3-5-7-9-10-8-6-4-2;1-2-5-9-7-3-6-8(9)4-1;1-3-5-7-9-8-6-4-2;;;;;/h4-5,8-9H,1-3,6-7H2;2,4-6,8-9H,1,3,7H2;2*1H,2H3;1-2,5-6H,3-4,7-8H2;1-6H,7-8H2;2*1-2H;1-2,4-5H,3,6-7H2;1H,2H3;5*1H4. The summed E-state index contributed by atoms with van der Waals surface area (Å²) in [7, 11) is 0. The lowest BCUT2D eigenvalue weighted by molar-refractivity contribution is 0.685. The molecule has 0 heterocycles. The van der Waals surface area contributed by atoms with Crippen molar-refractivity contribution in [2.45, 2.75) is 167 Å². The average molecular weight is 1380 g/mol. The summed E-state index contributed by atoms with van der Waals surface area (Å²) < 4.78 is 0. The van der Waals surface area contributed by atoms with E-state index in [-0.39, 0.29) is 37.1 Å². The lowest BCUT2D eigenvalue weighted by atomic mass is 9.92. The summed E-state index contributed by atoms with van der Waals surface area (Å²) in [6.07, 6.45) is 64.9. The first-order valence-corrected chi connectivity index (χ1v) is 32.5. The van der Waals surface area contributed by atoms with Gasteiger partial charge in [0.25, 0.3) is 0 Å². The van der Waals surface area contributed by atoms with Crippen molar-refractivity contribution in [2.75, 3.05) is 0 Å². The number of benzene rings is 5. The Balaban J connectivity index is -0.000000358. The Labute approximate surface area is 651 Å². The third-order valence-corrected chi connectivity index (χ3v) is 13.4. The van der Waals surface area contributed by atoms with Gasteiger partial charge in [0, 0.05) is 0 Å². The molecular formula is C107H94. The average Bonchev–Trinajstić information content (AvgIpc) is 1.71. The molecule has 5 aromatic carbocycles. The largest absolute Gasteiger partial charge is 0.106 e. The van der Waals surface area contributed by atoms with Gasteiger partial charge in [0.05, 0.1) is 0 Å². The Hall–Kier alpha value is -15.0. The molecule has 0 saturated carbocycles. The molecule has 522 valence electrons. The minimum Gasteiger partial charge on any atom is -0.106 e. The highest BCUT2D eigenvalue weighted by molar-refractivity contribution is 5.55. The van der Waals surface area contributed by atoms with Crippen LogP contribution in [0.1, 0.15) is 165 Å². The fourth-order valence-corrected chi connectivity index (χ4v) is 9.06. The first-order valence-electron chi connectivity index (χ1n) is 32.5. The molecule has 0 aromatic heterocycles. The lowest BCUT2D eigenvalue weighted by Gasteiger charge is -2.13. The monoisotopic (exact) mass is 1380 g/mol. The molecule has 0 amide bonds. The van der Waals surface area contributed by atoms with Gasteiger partial charge >= 0.3 is 0 Å². The Bertz CT molecular complexity index is 4800. The maximum Gasteiger partial charge on any atom is -0.000000534 e. The predicted molar refractivity (Wildman–Crippen MR) is 465 cm³/mol. The van der Waals surface area contributed by atoms with Crippen LogP contribution < -0.4 is 0 Å². The smallest absolute Gasteiger partial charge is 0.000000534 e. The highest BCUT2D eigenvalue weighted by Gasteiger charge is 2.09. The molecule has 5 aliphatic carbocycles. The summed E-state index contributed by atoms with van der Waals surface area (Å²) in [6.45, 7) is 5.13.